The van der Waals surface area contributed by atoms with E-state index in [2.05, 4.69) is 41.6 Å². The summed E-state index contributed by atoms with van der Waals surface area (Å²) in [5, 5.41) is 5.88. The number of anilines is 1. The van der Waals surface area contributed by atoms with Crippen LogP contribution in [0.4, 0.5) is 5.69 Å². The number of ether oxygens (including phenoxy) is 1. The third kappa shape index (κ3) is 13.4. The smallest absolute Gasteiger partial charge is 0.228 e. The lowest BCUT2D eigenvalue weighted by Crippen LogP contribution is -2.18. The number of allylic oxidation sites excluding steroid dienone is 1. The summed E-state index contributed by atoms with van der Waals surface area (Å²) < 4.78 is 6.09. The summed E-state index contributed by atoms with van der Waals surface area (Å²) in [7, 11) is 0. The topological polar surface area (TPSA) is 41.6 Å². The minimum Gasteiger partial charge on any atom is -0.493 e. The van der Waals surface area contributed by atoms with Gasteiger partial charge < -0.3 is 15.0 Å². The predicted octanol–water partition coefficient (Wildman–Crippen LogP) is 10.5. The third-order valence-corrected chi connectivity index (χ3v) is 8.41. The number of rotatable bonds is 19. The van der Waals surface area contributed by atoms with Crippen LogP contribution in [0.2, 0.25) is 5.02 Å². The fourth-order valence-electron chi connectivity index (χ4n) is 4.87. The number of thioether (sulfide) groups is 1. The zero-order valence-electron chi connectivity index (χ0n) is 24.4. The van der Waals surface area contributed by atoms with Gasteiger partial charge in [0.15, 0.2) is 0 Å². The minimum absolute atomic E-state index is 0. The van der Waals surface area contributed by atoms with Crippen LogP contribution in [0, 0.1) is 0 Å². The number of unbranched alkanes of at least 4 members (excludes halogenated alkanes) is 11. The Morgan fingerprint density at radius 2 is 1.62 bits per heavy atom. The van der Waals surface area contributed by atoms with E-state index in [9.17, 15) is 4.79 Å². The van der Waals surface area contributed by atoms with Gasteiger partial charge in [-0.15, -0.1) is 28.7 Å². The molecule has 1 amide bonds. The molecule has 0 radical (unpaired) electrons. The van der Waals surface area contributed by atoms with Crippen molar-refractivity contribution in [1.82, 2.24) is 4.90 Å². The van der Waals surface area contributed by atoms with Crippen molar-refractivity contribution in [1.29, 1.82) is 0 Å². The molecule has 0 aromatic heterocycles. The van der Waals surface area contributed by atoms with Gasteiger partial charge in [0.1, 0.15) is 5.75 Å². The highest BCUT2D eigenvalue weighted by Crippen LogP contribution is 2.27. The maximum Gasteiger partial charge on any atom is 0.228 e. The van der Waals surface area contributed by atoms with E-state index in [1.165, 1.54) is 81.9 Å². The van der Waals surface area contributed by atoms with Crippen LogP contribution in [0.1, 0.15) is 102 Å². The average Bonchev–Trinajstić information content (AvgIpc) is 3.32. The molecule has 2 aromatic carbocycles. The maximum absolute atomic E-state index is 12.9. The highest BCUT2D eigenvalue weighted by molar-refractivity contribution is 8.93. The molecule has 3 rings (SSSR count). The quantitative estimate of drug-likeness (QED) is 0.154. The van der Waals surface area contributed by atoms with Gasteiger partial charge in [-0.3, -0.25) is 4.79 Å². The Morgan fingerprint density at radius 3 is 2.27 bits per heavy atom. The van der Waals surface area contributed by atoms with Crippen LogP contribution in [-0.2, 0) is 17.8 Å². The van der Waals surface area contributed by atoms with E-state index < -0.39 is 0 Å². The van der Waals surface area contributed by atoms with E-state index in [1.54, 1.807) is 0 Å². The lowest BCUT2D eigenvalue weighted by Gasteiger charge is -2.19. The van der Waals surface area contributed by atoms with Gasteiger partial charge >= 0.3 is 0 Å². The first-order valence-corrected chi connectivity index (χ1v) is 16.3. The molecule has 0 aliphatic carbocycles. The van der Waals surface area contributed by atoms with Crippen molar-refractivity contribution in [3.05, 3.63) is 69.7 Å². The van der Waals surface area contributed by atoms with Gasteiger partial charge in [-0.25, -0.2) is 0 Å². The van der Waals surface area contributed by atoms with Crippen LogP contribution >= 0.6 is 40.3 Å². The summed E-state index contributed by atoms with van der Waals surface area (Å²) in [4.78, 5) is 15.2. The lowest BCUT2D eigenvalue weighted by molar-refractivity contribution is -0.115. The zero-order valence-corrected chi connectivity index (χ0v) is 27.7. The summed E-state index contributed by atoms with van der Waals surface area (Å²) >= 11 is 8.06. The highest BCUT2D eigenvalue weighted by atomic mass is 79.9. The number of hydrogen-bond donors (Lipinski definition) is 1. The van der Waals surface area contributed by atoms with Gasteiger partial charge in [-0.05, 0) is 48.6 Å². The second kappa shape index (κ2) is 20.3. The molecule has 1 aliphatic heterocycles. The summed E-state index contributed by atoms with van der Waals surface area (Å²) in [5.41, 5.74) is 4.15. The summed E-state index contributed by atoms with van der Waals surface area (Å²) in [5.74, 6) is 1.63. The standard InChI is InChI=1S/C33H47ClN2O2S.BrH/c1-3-4-5-6-7-8-9-10-11-12-13-14-20-38-32-23-30(34)19-18-29(32)22-33(37)35-31-17-15-16-28(21-31)24-36-26-39-25-27(36)2;/h15-19,21,23,25H,3-14,20,22,24,26H2,1-2H3,(H,35,37);1H. The van der Waals surface area contributed by atoms with Crippen molar-refractivity contribution in [3.8, 4) is 5.75 Å². The van der Waals surface area contributed by atoms with Gasteiger partial charge in [0, 0.05) is 28.5 Å². The van der Waals surface area contributed by atoms with Crippen molar-refractivity contribution in [2.45, 2.75) is 104 Å². The third-order valence-electron chi connectivity index (χ3n) is 7.20. The molecule has 0 saturated heterocycles. The molecule has 0 bridgehead atoms. The molecular weight excluding hydrogens is 604 g/mol. The number of halogens is 2. The fourth-order valence-corrected chi connectivity index (χ4v) is 5.98. The molecule has 40 heavy (non-hydrogen) atoms. The summed E-state index contributed by atoms with van der Waals surface area (Å²) in [6.45, 7) is 5.90. The number of nitrogens with zero attached hydrogens (tertiary/aromatic N) is 1. The molecule has 1 aliphatic rings. The maximum atomic E-state index is 12.9. The normalized spacial score (nSPS) is 12.7. The van der Waals surface area contributed by atoms with Crippen LogP contribution in [0.5, 0.6) is 5.75 Å². The second-order valence-electron chi connectivity index (χ2n) is 10.7. The fraction of sp³-hybridized carbons (Fsp3) is 0.545. The van der Waals surface area contributed by atoms with Gasteiger partial charge in [0.25, 0.3) is 0 Å². The molecule has 1 N–H and O–H groups in total. The molecule has 1 heterocycles. The second-order valence-corrected chi connectivity index (χ2v) is 11.9. The van der Waals surface area contributed by atoms with Crippen LogP contribution in [0.15, 0.2) is 53.6 Å². The largest absolute Gasteiger partial charge is 0.493 e. The molecule has 2 aromatic rings. The molecule has 0 fully saturated rings. The first kappa shape index (κ1) is 34.6. The van der Waals surface area contributed by atoms with Crippen LogP contribution in [0.25, 0.3) is 0 Å². The van der Waals surface area contributed by atoms with Crippen molar-refractivity contribution >= 4 is 51.9 Å². The van der Waals surface area contributed by atoms with E-state index in [0.29, 0.717) is 17.4 Å². The lowest BCUT2D eigenvalue weighted by atomic mass is 10.1. The van der Waals surface area contributed by atoms with E-state index in [-0.39, 0.29) is 29.3 Å². The van der Waals surface area contributed by atoms with E-state index in [1.807, 2.05) is 42.1 Å². The summed E-state index contributed by atoms with van der Waals surface area (Å²) in [6.07, 6.45) is 16.0. The van der Waals surface area contributed by atoms with Gasteiger partial charge in [-0.1, -0.05) is 107 Å². The molecule has 0 spiro atoms. The number of nitrogens with one attached hydrogen (secondary N) is 1. The Kier molecular flexibility index (Phi) is 17.5. The molecular formula is C33H48BrClN2O2S. The van der Waals surface area contributed by atoms with Crippen molar-refractivity contribution < 1.29 is 9.53 Å². The number of carbonyl (C=O) groups excluding carboxylic acids is 1. The zero-order chi connectivity index (χ0) is 27.7. The monoisotopic (exact) mass is 650 g/mol. The number of benzene rings is 2. The van der Waals surface area contributed by atoms with Gasteiger partial charge in [0.2, 0.25) is 5.91 Å². The Balaban J connectivity index is 0.00000560. The molecule has 0 unspecified atom stereocenters. The Morgan fingerprint density at radius 1 is 0.950 bits per heavy atom. The van der Waals surface area contributed by atoms with E-state index in [4.69, 9.17) is 16.3 Å². The molecule has 0 saturated carbocycles. The average molecular weight is 652 g/mol. The Labute approximate surface area is 262 Å². The summed E-state index contributed by atoms with van der Waals surface area (Å²) in [6, 6.07) is 13.7. The van der Waals surface area contributed by atoms with Gasteiger partial charge in [0.05, 0.1) is 18.9 Å². The first-order valence-electron chi connectivity index (χ1n) is 14.9. The van der Waals surface area contributed by atoms with Crippen LogP contribution in [0.3, 0.4) is 0 Å². The van der Waals surface area contributed by atoms with Crippen LogP contribution in [-0.4, -0.2) is 23.3 Å². The van der Waals surface area contributed by atoms with Crippen molar-refractivity contribution in [2.24, 2.45) is 0 Å². The molecule has 7 heteroatoms. The van der Waals surface area contributed by atoms with E-state index >= 15 is 0 Å². The number of carbonyl (C=O) groups is 1. The molecule has 4 nitrogen and oxygen atoms in total. The highest BCUT2D eigenvalue weighted by Gasteiger charge is 2.14. The predicted molar refractivity (Wildman–Crippen MR) is 179 cm³/mol. The SMILES string of the molecule is Br.CCCCCCCCCCCCCCOc1cc(Cl)ccc1CC(=O)Nc1cccc(CN2CSC=C2C)c1. The Bertz CT molecular complexity index is 1050. The number of hydrogen-bond acceptors (Lipinski definition) is 4. The van der Waals surface area contributed by atoms with E-state index in [0.717, 1.165) is 30.1 Å². The minimum atomic E-state index is -0.0579. The van der Waals surface area contributed by atoms with Crippen LogP contribution < -0.4 is 10.1 Å². The van der Waals surface area contributed by atoms with Crippen molar-refractivity contribution in [2.75, 3.05) is 17.8 Å². The number of amides is 1. The molecule has 222 valence electrons. The van der Waals surface area contributed by atoms with Crippen molar-refractivity contribution in [3.63, 3.8) is 0 Å². The first-order chi connectivity index (χ1) is 19.0. The Hall–Kier alpha value is -1.63. The van der Waals surface area contributed by atoms with Gasteiger partial charge in [-0.2, -0.15) is 0 Å². The molecule has 0 atom stereocenters.